The second-order valence-corrected chi connectivity index (χ2v) is 6.64. The van der Waals surface area contributed by atoms with E-state index in [1.54, 1.807) is 11.8 Å². The molecule has 0 bridgehead atoms. The molecule has 3 N–H and O–H groups in total. The van der Waals surface area contributed by atoms with Gasteiger partial charge in [0.05, 0.1) is 6.61 Å². The summed E-state index contributed by atoms with van der Waals surface area (Å²) in [7, 11) is 0. The summed E-state index contributed by atoms with van der Waals surface area (Å²) in [6.45, 7) is 1.68. The van der Waals surface area contributed by atoms with Crippen molar-refractivity contribution in [3.8, 4) is 0 Å². The lowest BCUT2D eigenvalue weighted by molar-refractivity contribution is -0.0233. The molecule has 2 aromatic rings. The maximum Gasteiger partial charge on any atom is 0.132 e. The molecule has 0 saturated carbocycles. The topological polar surface area (TPSA) is 109 Å². The monoisotopic (exact) mass is 329 g/mol. The highest BCUT2D eigenvalue weighted by Gasteiger charge is 2.45. The fourth-order valence-corrected chi connectivity index (χ4v) is 3.98. The summed E-state index contributed by atoms with van der Waals surface area (Å²) in [5, 5.41) is 29.9. The summed E-state index contributed by atoms with van der Waals surface area (Å²) in [6, 6.07) is 0. The third kappa shape index (κ3) is 2.54. The van der Waals surface area contributed by atoms with Gasteiger partial charge in [-0.2, -0.15) is 4.37 Å². The van der Waals surface area contributed by atoms with Crippen LogP contribution in [0, 0.1) is 0 Å². The first-order valence-corrected chi connectivity index (χ1v) is 8.28. The van der Waals surface area contributed by atoms with Gasteiger partial charge in [-0.3, -0.25) is 0 Å². The second kappa shape index (κ2) is 6.11. The molecule has 1 saturated heterocycles. The quantitative estimate of drug-likeness (QED) is 0.545. The predicted octanol–water partition coefficient (Wildman–Crippen LogP) is 0.352. The normalized spacial score (nSPS) is 29.3. The van der Waals surface area contributed by atoms with Gasteiger partial charge in [-0.05, 0) is 17.3 Å². The summed E-state index contributed by atoms with van der Waals surface area (Å²) in [5.41, 5.74) is 1.11. The van der Waals surface area contributed by atoms with Gasteiger partial charge in [-0.25, -0.2) is 9.97 Å². The van der Waals surface area contributed by atoms with Crippen molar-refractivity contribution in [2.45, 2.75) is 36.4 Å². The van der Waals surface area contributed by atoms with Crippen molar-refractivity contribution in [2.75, 3.05) is 12.4 Å². The molecule has 0 aromatic carbocycles. The lowest BCUT2D eigenvalue weighted by Crippen LogP contribution is -2.32. The van der Waals surface area contributed by atoms with Crippen LogP contribution >= 0.6 is 23.3 Å². The summed E-state index contributed by atoms with van der Waals surface area (Å²) in [4.78, 5) is 8.46. The zero-order chi connectivity index (χ0) is 15.0. The molecule has 4 atom stereocenters. The SMILES string of the molecule is CCSc1ncnc2c(C3OC(CO)C(O)C3O)nsc12. The average molecular weight is 329 g/mol. The van der Waals surface area contributed by atoms with Gasteiger partial charge in [0.25, 0.3) is 0 Å². The number of nitrogens with zero attached hydrogens (tertiary/aromatic N) is 3. The lowest BCUT2D eigenvalue weighted by Gasteiger charge is -2.12. The van der Waals surface area contributed by atoms with E-state index in [1.165, 1.54) is 17.9 Å². The number of aliphatic hydroxyl groups excluding tert-OH is 3. The molecule has 0 spiro atoms. The Bertz CT molecular complexity index is 638. The first-order chi connectivity index (χ1) is 10.2. The fourth-order valence-electron chi connectivity index (χ4n) is 2.31. The van der Waals surface area contributed by atoms with Crippen molar-refractivity contribution >= 4 is 33.5 Å². The van der Waals surface area contributed by atoms with Gasteiger partial charge in [-0.1, -0.05) is 6.92 Å². The number of ether oxygens (including phenoxy) is 1. The van der Waals surface area contributed by atoms with E-state index >= 15 is 0 Å². The molecule has 1 aliphatic heterocycles. The van der Waals surface area contributed by atoms with E-state index in [-0.39, 0.29) is 6.61 Å². The molecule has 114 valence electrons. The Labute approximate surface area is 129 Å². The number of fused-ring (bicyclic) bond motifs is 1. The highest BCUT2D eigenvalue weighted by Crippen LogP contribution is 2.38. The third-order valence-corrected chi connectivity index (χ3v) is 5.20. The van der Waals surface area contributed by atoms with E-state index in [1.807, 2.05) is 6.92 Å². The van der Waals surface area contributed by atoms with Crippen LogP contribution in [0.4, 0.5) is 0 Å². The number of hydrogen-bond donors (Lipinski definition) is 3. The first-order valence-electron chi connectivity index (χ1n) is 6.52. The van der Waals surface area contributed by atoms with E-state index in [0.717, 1.165) is 15.5 Å². The highest BCUT2D eigenvalue weighted by molar-refractivity contribution is 7.99. The Morgan fingerprint density at radius 1 is 1.33 bits per heavy atom. The van der Waals surface area contributed by atoms with E-state index in [2.05, 4.69) is 14.3 Å². The summed E-state index contributed by atoms with van der Waals surface area (Å²) in [5.74, 6) is 0.882. The predicted molar refractivity (Wildman–Crippen MR) is 78.3 cm³/mol. The van der Waals surface area contributed by atoms with Crippen LogP contribution in [-0.4, -0.2) is 60.3 Å². The van der Waals surface area contributed by atoms with E-state index < -0.39 is 24.4 Å². The summed E-state index contributed by atoms with van der Waals surface area (Å²) >= 11 is 2.84. The molecule has 3 heterocycles. The van der Waals surface area contributed by atoms with Gasteiger partial charge < -0.3 is 20.1 Å². The Hall–Kier alpha value is -0.840. The summed E-state index contributed by atoms with van der Waals surface area (Å²) in [6.07, 6.45) is -2.42. The molecule has 0 amide bonds. The van der Waals surface area contributed by atoms with Crippen LogP contribution < -0.4 is 0 Å². The van der Waals surface area contributed by atoms with Crippen molar-refractivity contribution in [1.82, 2.24) is 14.3 Å². The Balaban J connectivity index is 2.00. The molecule has 21 heavy (non-hydrogen) atoms. The van der Waals surface area contributed by atoms with E-state index in [9.17, 15) is 10.2 Å². The highest BCUT2D eigenvalue weighted by atomic mass is 32.2. The smallest absolute Gasteiger partial charge is 0.132 e. The van der Waals surface area contributed by atoms with Crippen molar-refractivity contribution < 1.29 is 20.1 Å². The van der Waals surface area contributed by atoms with Crippen molar-refractivity contribution in [3.63, 3.8) is 0 Å². The molecule has 7 nitrogen and oxygen atoms in total. The number of thioether (sulfide) groups is 1. The van der Waals surface area contributed by atoms with Gasteiger partial charge >= 0.3 is 0 Å². The van der Waals surface area contributed by atoms with Crippen molar-refractivity contribution in [1.29, 1.82) is 0 Å². The maximum absolute atomic E-state index is 10.1. The molecule has 9 heteroatoms. The molecule has 4 unspecified atom stereocenters. The van der Waals surface area contributed by atoms with Gasteiger partial charge in [0.1, 0.15) is 51.7 Å². The third-order valence-electron chi connectivity index (χ3n) is 3.34. The average Bonchev–Trinajstić information content (AvgIpc) is 3.03. The molecular formula is C12H15N3O4S2. The van der Waals surface area contributed by atoms with Crippen LogP contribution in [0.5, 0.6) is 0 Å². The first kappa shape index (κ1) is 15.1. The molecule has 1 fully saturated rings. The van der Waals surface area contributed by atoms with Crippen molar-refractivity contribution in [2.24, 2.45) is 0 Å². The van der Waals surface area contributed by atoms with E-state index in [4.69, 9.17) is 9.84 Å². The minimum absolute atomic E-state index is 0.358. The van der Waals surface area contributed by atoms with Gasteiger partial charge in [-0.15, -0.1) is 11.8 Å². The molecule has 3 rings (SSSR count). The number of aliphatic hydroxyl groups is 3. The van der Waals surface area contributed by atoms with Crippen molar-refractivity contribution in [3.05, 3.63) is 12.0 Å². The standard InChI is InChI=1S/C12H15N3O4S2/c1-2-20-12-11-7(13-4-14-12)6(15-21-11)10-9(18)8(17)5(3-16)19-10/h4-5,8-10,16-18H,2-3H2,1H3. The zero-order valence-electron chi connectivity index (χ0n) is 11.2. The van der Waals surface area contributed by atoms with Gasteiger partial charge in [0.2, 0.25) is 0 Å². The fraction of sp³-hybridized carbons (Fsp3) is 0.583. The number of rotatable bonds is 4. The van der Waals surface area contributed by atoms with Crippen LogP contribution in [0.15, 0.2) is 11.4 Å². The minimum Gasteiger partial charge on any atom is -0.394 e. The van der Waals surface area contributed by atoms with Crippen LogP contribution in [0.1, 0.15) is 18.7 Å². The number of hydrogen-bond acceptors (Lipinski definition) is 9. The lowest BCUT2D eigenvalue weighted by atomic mass is 10.1. The molecule has 0 radical (unpaired) electrons. The second-order valence-electron chi connectivity index (χ2n) is 4.62. The maximum atomic E-state index is 10.1. The van der Waals surface area contributed by atoms with Gasteiger partial charge in [0, 0.05) is 0 Å². The summed E-state index contributed by atoms with van der Waals surface area (Å²) < 4.78 is 10.7. The van der Waals surface area contributed by atoms with Crippen LogP contribution in [0.2, 0.25) is 0 Å². The Morgan fingerprint density at radius 3 is 2.81 bits per heavy atom. The van der Waals surface area contributed by atoms with Crippen LogP contribution in [0.25, 0.3) is 10.2 Å². The zero-order valence-corrected chi connectivity index (χ0v) is 12.8. The molecule has 0 aliphatic carbocycles. The van der Waals surface area contributed by atoms with Gasteiger partial charge in [0.15, 0.2) is 0 Å². The Kier molecular flexibility index (Phi) is 4.38. The Morgan fingerprint density at radius 2 is 2.14 bits per heavy atom. The van der Waals surface area contributed by atoms with Crippen LogP contribution in [-0.2, 0) is 4.74 Å². The molecule has 2 aromatic heterocycles. The molecule has 1 aliphatic rings. The van der Waals surface area contributed by atoms with E-state index in [0.29, 0.717) is 11.2 Å². The minimum atomic E-state index is -1.14. The van der Waals surface area contributed by atoms with Crippen LogP contribution in [0.3, 0.4) is 0 Å². The molecular weight excluding hydrogens is 314 g/mol. The largest absolute Gasteiger partial charge is 0.394 e. The number of aromatic nitrogens is 3.